The van der Waals surface area contributed by atoms with Gasteiger partial charge in [0.1, 0.15) is 5.75 Å². The summed E-state index contributed by atoms with van der Waals surface area (Å²) in [5, 5.41) is 4.52. The molecule has 2 heterocycles. The molecule has 0 spiro atoms. The number of benzene rings is 2. The zero-order valence-corrected chi connectivity index (χ0v) is 17.3. The van der Waals surface area contributed by atoms with Crippen LogP contribution in [0.15, 0.2) is 54.6 Å². The van der Waals surface area contributed by atoms with E-state index in [-0.39, 0.29) is 11.9 Å². The van der Waals surface area contributed by atoms with Crippen molar-refractivity contribution < 1.29 is 9.53 Å². The smallest absolute Gasteiger partial charge is 0.254 e. The normalized spacial score (nSPS) is 16.2. The van der Waals surface area contributed by atoms with Crippen molar-refractivity contribution in [2.75, 3.05) is 13.7 Å². The van der Waals surface area contributed by atoms with Crippen LogP contribution in [0.4, 0.5) is 0 Å². The van der Waals surface area contributed by atoms with Gasteiger partial charge < -0.3 is 9.64 Å². The van der Waals surface area contributed by atoms with Gasteiger partial charge in [0, 0.05) is 23.4 Å². The molecule has 150 valence electrons. The lowest BCUT2D eigenvalue weighted by Gasteiger charge is -2.26. The van der Waals surface area contributed by atoms with Gasteiger partial charge >= 0.3 is 0 Å². The summed E-state index contributed by atoms with van der Waals surface area (Å²) in [4.78, 5) is 15.2. The Hall–Kier alpha value is -3.08. The molecule has 1 aliphatic heterocycles. The standard InChI is InChI=1S/C24H27N3O2/c1-17-15-18(2)27(25-17)16-19-10-12-20(13-11-19)24(28)26-14-6-8-22(26)21-7-4-5-9-23(21)29-3/h4-5,7,9-13,15,22H,6,8,14,16H2,1-3H3/t22-/m1/s1. The Labute approximate surface area is 171 Å². The number of carbonyl (C=O) groups is 1. The Balaban J connectivity index is 1.52. The van der Waals surface area contributed by atoms with Crippen molar-refractivity contribution in [2.24, 2.45) is 0 Å². The van der Waals surface area contributed by atoms with E-state index >= 15 is 0 Å². The monoisotopic (exact) mass is 389 g/mol. The van der Waals surface area contributed by atoms with Gasteiger partial charge in [0.2, 0.25) is 0 Å². The molecule has 1 aliphatic rings. The molecule has 0 aliphatic carbocycles. The molecule has 5 heteroatoms. The first-order chi connectivity index (χ1) is 14.1. The summed E-state index contributed by atoms with van der Waals surface area (Å²) in [7, 11) is 1.68. The average Bonchev–Trinajstić information content (AvgIpc) is 3.34. The van der Waals surface area contributed by atoms with Crippen LogP contribution < -0.4 is 4.74 Å². The molecule has 1 amide bonds. The summed E-state index contributed by atoms with van der Waals surface area (Å²) in [5.74, 6) is 0.925. The van der Waals surface area contributed by atoms with Crippen molar-refractivity contribution >= 4 is 5.91 Å². The van der Waals surface area contributed by atoms with Gasteiger partial charge in [0.05, 0.1) is 25.4 Å². The summed E-state index contributed by atoms with van der Waals surface area (Å²) in [6.45, 7) is 5.54. The topological polar surface area (TPSA) is 47.4 Å². The number of para-hydroxylation sites is 1. The van der Waals surface area contributed by atoms with Crippen molar-refractivity contribution in [3.05, 3.63) is 82.7 Å². The number of nitrogens with zero attached hydrogens (tertiary/aromatic N) is 3. The van der Waals surface area contributed by atoms with Crippen LogP contribution in [0.5, 0.6) is 5.75 Å². The Morgan fingerprint density at radius 3 is 2.59 bits per heavy atom. The second kappa shape index (κ2) is 8.11. The van der Waals surface area contributed by atoms with Crippen LogP contribution in [0.3, 0.4) is 0 Å². The molecule has 0 saturated carbocycles. The predicted octanol–water partition coefficient (Wildman–Crippen LogP) is 4.53. The number of hydrogen-bond donors (Lipinski definition) is 0. The molecular formula is C24H27N3O2. The number of rotatable bonds is 5. The van der Waals surface area contributed by atoms with Crippen molar-refractivity contribution in [3.63, 3.8) is 0 Å². The molecule has 3 aromatic rings. The molecule has 1 fully saturated rings. The van der Waals surface area contributed by atoms with Crippen molar-refractivity contribution in [1.82, 2.24) is 14.7 Å². The van der Waals surface area contributed by atoms with Gasteiger partial charge in [-0.05, 0) is 56.5 Å². The number of hydrogen-bond acceptors (Lipinski definition) is 3. The first kappa shape index (κ1) is 19.2. The predicted molar refractivity (Wildman–Crippen MR) is 113 cm³/mol. The number of carbonyl (C=O) groups excluding carboxylic acids is 1. The van der Waals surface area contributed by atoms with E-state index in [4.69, 9.17) is 4.74 Å². The highest BCUT2D eigenvalue weighted by Crippen LogP contribution is 2.37. The van der Waals surface area contributed by atoms with Crippen LogP contribution in [-0.4, -0.2) is 34.2 Å². The maximum Gasteiger partial charge on any atom is 0.254 e. The number of amides is 1. The fourth-order valence-electron chi connectivity index (χ4n) is 4.20. The van der Waals surface area contributed by atoms with Crippen LogP contribution in [0, 0.1) is 13.8 Å². The van der Waals surface area contributed by atoms with E-state index in [0.717, 1.165) is 53.2 Å². The van der Waals surface area contributed by atoms with Gasteiger partial charge in [-0.15, -0.1) is 0 Å². The Kier molecular flexibility index (Phi) is 5.38. The number of methoxy groups -OCH3 is 1. The SMILES string of the molecule is COc1ccccc1[C@H]1CCCN1C(=O)c1ccc(Cn2nc(C)cc2C)cc1. The van der Waals surface area contributed by atoms with Crippen LogP contribution in [0.25, 0.3) is 0 Å². The maximum absolute atomic E-state index is 13.2. The van der Waals surface area contributed by atoms with Crippen molar-refractivity contribution in [2.45, 2.75) is 39.3 Å². The van der Waals surface area contributed by atoms with Crippen LogP contribution in [-0.2, 0) is 6.54 Å². The van der Waals surface area contributed by atoms with Crippen molar-refractivity contribution in [1.29, 1.82) is 0 Å². The first-order valence-electron chi connectivity index (χ1n) is 10.1. The van der Waals surface area contributed by atoms with Gasteiger partial charge in [-0.2, -0.15) is 5.10 Å². The second-order valence-corrected chi connectivity index (χ2v) is 7.68. The molecule has 1 aromatic heterocycles. The Morgan fingerprint density at radius 1 is 1.14 bits per heavy atom. The molecule has 2 aromatic carbocycles. The maximum atomic E-state index is 13.2. The summed E-state index contributed by atoms with van der Waals surface area (Å²) in [6, 6.07) is 18.0. The Morgan fingerprint density at radius 2 is 1.90 bits per heavy atom. The Bertz CT molecular complexity index is 1010. The van der Waals surface area contributed by atoms with Gasteiger partial charge in [-0.25, -0.2) is 0 Å². The first-order valence-corrected chi connectivity index (χ1v) is 10.1. The lowest BCUT2D eigenvalue weighted by Crippen LogP contribution is -2.30. The summed E-state index contributed by atoms with van der Waals surface area (Å²) >= 11 is 0. The van der Waals surface area contributed by atoms with E-state index in [0.29, 0.717) is 6.54 Å². The molecule has 1 atom stereocenters. The quantitative estimate of drug-likeness (QED) is 0.644. The third-order valence-electron chi connectivity index (χ3n) is 5.65. The zero-order valence-electron chi connectivity index (χ0n) is 17.3. The highest BCUT2D eigenvalue weighted by atomic mass is 16.5. The minimum absolute atomic E-state index is 0.0630. The highest BCUT2D eigenvalue weighted by molar-refractivity contribution is 5.94. The third-order valence-corrected chi connectivity index (χ3v) is 5.65. The molecule has 0 N–H and O–H groups in total. The van der Waals surface area contributed by atoms with Crippen LogP contribution >= 0.6 is 0 Å². The van der Waals surface area contributed by atoms with E-state index in [1.807, 2.05) is 59.0 Å². The molecule has 0 bridgehead atoms. The molecule has 29 heavy (non-hydrogen) atoms. The highest BCUT2D eigenvalue weighted by Gasteiger charge is 2.32. The molecular weight excluding hydrogens is 362 g/mol. The van der Waals surface area contributed by atoms with Crippen LogP contribution in [0.1, 0.15) is 51.8 Å². The number of ether oxygens (including phenoxy) is 1. The summed E-state index contributed by atoms with van der Waals surface area (Å²) in [5.41, 5.74) is 5.10. The fourth-order valence-corrected chi connectivity index (χ4v) is 4.20. The van der Waals surface area contributed by atoms with E-state index in [1.54, 1.807) is 7.11 Å². The van der Waals surface area contributed by atoms with Crippen molar-refractivity contribution in [3.8, 4) is 5.75 Å². The summed E-state index contributed by atoms with van der Waals surface area (Å²) < 4.78 is 7.52. The lowest BCUT2D eigenvalue weighted by atomic mass is 10.0. The average molecular weight is 389 g/mol. The molecule has 0 unspecified atom stereocenters. The largest absolute Gasteiger partial charge is 0.496 e. The molecule has 0 radical (unpaired) electrons. The lowest BCUT2D eigenvalue weighted by molar-refractivity contribution is 0.0734. The molecule has 1 saturated heterocycles. The number of aromatic nitrogens is 2. The van der Waals surface area contributed by atoms with E-state index in [9.17, 15) is 4.79 Å². The van der Waals surface area contributed by atoms with E-state index in [2.05, 4.69) is 24.2 Å². The van der Waals surface area contributed by atoms with Gasteiger partial charge in [0.15, 0.2) is 0 Å². The minimum atomic E-state index is 0.0630. The van der Waals surface area contributed by atoms with E-state index < -0.39 is 0 Å². The minimum Gasteiger partial charge on any atom is -0.496 e. The fraction of sp³-hybridized carbons (Fsp3) is 0.333. The summed E-state index contributed by atoms with van der Waals surface area (Å²) in [6.07, 6.45) is 1.96. The van der Waals surface area contributed by atoms with E-state index in [1.165, 1.54) is 0 Å². The number of likely N-dealkylation sites (tertiary alicyclic amines) is 1. The molecule has 4 rings (SSSR count). The van der Waals surface area contributed by atoms with Gasteiger partial charge in [0.25, 0.3) is 5.91 Å². The number of aryl methyl sites for hydroxylation is 2. The van der Waals surface area contributed by atoms with Gasteiger partial charge in [-0.3, -0.25) is 9.48 Å². The van der Waals surface area contributed by atoms with Gasteiger partial charge in [-0.1, -0.05) is 30.3 Å². The zero-order chi connectivity index (χ0) is 20.4. The van der Waals surface area contributed by atoms with Crippen LogP contribution in [0.2, 0.25) is 0 Å². The third kappa shape index (κ3) is 3.90. The second-order valence-electron chi connectivity index (χ2n) is 7.68. The molecule has 5 nitrogen and oxygen atoms in total.